The Morgan fingerprint density at radius 3 is 1.02 bits per heavy atom. The highest BCUT2D eigenvalue weighted by Gasteiger charge is 2.13. The van der Waals surface area contributed by atoms with Gasteiger partial charge in [-0.25, -0.2) is 4.79 Å². The third kappa shape index (κ3) is 11.9. The summed E-state index contributed by atoms with van der Waals surface area (Å²) in [4.78, 5) is 12.9. The Morgan fingerprint density at radius 2 is 0.690 bits per heavy atom. The van der Waals surface area contributed by atoms with Crippen LogP contribution in [0.15, 0.2) is 36.4 Å². The fourth-order valence-corrected chi connectivity index (χ4v) is 3.86. The molecule has 0 aliphatic carbocycles. The van der Waals surface area contributed by atoms with E-state index < -0.39 is 6.03 Å². The summed E-state index contributed by atoms with van der Waals surface area (Å²) in [5.41, 5.74) is 1.04. The molecule has 2 aromatic carbocycles. The molecule has 13 heteroatoms. The second-order valence-corrected chi connectivity index (χ2v) is 8.97. The highest BCUT2D eigenvalue weighted by molar-refractivity contribution is 6.00. The van der Waals surface area contributed by atoms with E-state index in [2.05, 4.69) is 10.6 Å². The van der Waals surface area contributed by atoms with Crippen LogP contribution in [0, 0.1) is 0 Å². The number of amides is 2. The number of rotatable bonds is 2. The van der Waals surface area contributed by atoms with Crippen molar-refractivity contribution in [2.75, 3.05) is 116 Å². The molecule has 0 spiro atoms. The largest absolute Gasteiger partial charge is 0.487 e. The number of ether oxygens (including phenoxy) is 10. The van der Waals surface area contributed by atoms with E-state index in [-0.39, 0.29) is 0 Å². The van der Waals surface area contributed by atoms with E-state index in [1.165, 1.54) is 0 Å². The molecule has 0 radical (unpaired) electrons. The van der Waals surface area contributed by atoms with Gasteiger partial charge in [0.1, 0.15) is 26.4 Å². The second kappa shape index (κ2) is 19.0. The summed E-state index contributed by atoms with van der Waals surface area (Å²) in [7, 11) is 0. The van der Waals surface area contributed by atoms with E-state index in [0.29, 0.717) is 140 Å². The minimum atomic E-state index is -0.445. The average molecular weight is 593 g/mol. The summed E-state index contributed by atoms with van der Waals surface area (Å²) in [6.45, 7) is 6.76. The van der Waals surface area contributed by atoms with Gasteiger partial charge in [0, 0.05) is 23.5 Å². The Morgan fingerprint density at radius 1 is 0.405 bits per heavy atom. The van der Waals surface area contributed by atoms with E-state index in [1.54, 1.807) is 36.4 Å². The van der Waals surface area contributed by atoms with E-state index in [9.17, 15) is 4.79 Å². The smallest absolute Gasteiger partial charge is 0.323 e. The molecule has 0 saturated heterocycles. The number of nitrogens with one attached hydrogen (secondary N) is 2. The quantitative estimate of drug-likeness (QED) is 0.533. The van der Waals surface area contributed by atoms with Gasteiger partial charge in [-0.05, 0) is 24.3 Å². The molecule has 2 N–H and O–H groups in total. The summed E-state index contributed by atoms with van der Waals surface area (Å²) in [5.74, 6) is 2.04. The number of hydrogen-bond acceptors (Lipinski definition) is 11. The van der Waals surface area contributed by atoms with Crippen molar-refractivity contribution in [2.24, 2.45) is 0 Å². The third-order valence-corrected chi connectivity index (χ3v) is 5.83. The first-order chi connectivity index (χ1) is 20.8. The van der Waals surface area contributed by atoms with Crippen LogP contribution in [0.1, 0.15) is 0 Å². The summed E-state index contributed by atoms with van der Waals surface area (Å²) in [6.07, 6.45) is 0. The number of urea groups is 1. The maximum absolute atomic E-state index is 12.9. The van der Waals surface area contributed by atoms with Crippen molar-refractivity contribution in [3.05, 3.63) is 36.4 Å². The molecule has 0 saturated carbocycles. The van der Waals surface area contributed by atoms with Gasteiger partial charge >= 0.3 is 6.03 Å². The first kappa shape index (κ1) is 31.6. The normalized spacial score (nSPS) is 18.7. The zero-order chi connectivity index (χ0) is 29.1. The van der Waals surface area contributed by atoms with Crippen LogP contribution in [0.5, 0.6) is 23.0 Å². The van der Waals surface area contributed by atoms with E-state index in [1.807, 2.05) is 0 Å². The van der Waals surface area contributed by atoms with Crippen molar-refractivity contribution in [3.8, 4) is 23.0 Å². The minimum absolute atomic E-state index is 0.310. The summed E-state index contributed by atoms with van der Waals surface area (Å²) >= 11 is 0. The van der Waals surface area contributed by atoms with Gasteiger partial charge in [0.15, 0.2) is 23.0 Å². The molecule has 2 aromatic rings. The molecule has 13 nitrogen and oxygen atoms in total. The molecule has 0 unspecified atom stereocenters. The van der Waals surface area contributed by atoms with Crippen LogP contribution in [-0.2, 0) is 28.4 Å². The molecule has 4 rings (SSSR count). The Bertz CT molecular complexity index is 990. The van der Waals surface area contributed by atoms with Crippen molar-refractivity contribution >= 4 is 17.4 Å². The highest BCUT2D eigenvalue weighted by atomic mass is 16.6. The second-order valence-electron chi connectivity index (χ2n) is 8.97. The lowest BCUT2D eigenvalue weighted by molar-refractivity contribution is 0.00708. The average Bonchev–Trinajstić information content (AvgIpc) is 3.00. The van der Waals surface area contributed by atoms with Crippen LogP contribution in [0.2, 0.25) is 0 Å². The molecule has 232 valence electrons. The summed E-state index contributed by atoms with van der Waals surface area (Å²) in [6, 6.07) is 9.90. The molecule has 2 aliphatic heterocycles. The van der Waals surface area contributed by atoms with Gasteiger partial charge in [0.05, 0.1) is 79.3 Å². The Balaban J connectivity index is 1.35. The Labute approximate surface area is 245 Å². The van der Waals surface area contributed by atoms with Crippen molar-refractivity contribution < 1.29 is 52.2 Å². The molecule has 2 aliphatic rings. The van der Waals surface area contributed by atoms with Crippen molar-refractivity contribution in [2.45, 2.75) is 0 Å². The number of carbonyl (C=O) groups excluding carboxylic acids is 1. The van der Waals surface area contributed by atoms with Gasteiger partial charge in [-0.1, -0.05) is 0 Å². The molecular formula is C29H40N2O11. The number of benzene rings is 2. The topological polar surface area (TPSA) is 133 Å². The van der Waals surface area contributed by atoms with Gasteiger partial charge in [0.2, 0.25) is 0 Å². The fourth-order valence-electron chi connectivity index (χ4n) is 3.86. The lowest BCUT2D eigenvalue weighted by Gasteiger charge is -2.16. The van der Waals surface area contributed by atoms with Crippen LogP contribution >= 0.6 is 0 Å². The van der Waals surface area contributed by atoms with Gasteiger partial charge in [0.25, 0.3) is 0 Å². The Kier molecular flexibility index (Phi) is 14.3. The number of hydrogen-bond donors (Lipinski definition) is 2. The van der Waals surface area contributed by atoms with E-state index in [4.69, 9.17) is 47.4 Å². The zero-order valence-electron chi connectivity index (χ0n) is 23.8. The summed E-state index contributed by atoms with van der Waals surface area (Å²) < 4.78 is 56.4. The molecular weight excluding hydrogens is 552 g/mol. The van der Waals surface area contributed by atoms with Crippen molar-refractivity contribution in [1.29, 1.82) is 0 Å². The van der Waals surface area contributed by atoms with Crippen LogP contribution in [-0.4, -0.2) is 112 Å². The number of fused-ring (bicyclic) bond motifs is 2. The maximum atomic E-state index is 12.9. The molecule has 2 heterocycles. The predicted molar refractivity (Wildman–Crippen MR) is 152 cm³/mol. The molecule has 0 bridgehead atoms. The van der Waals surface area contributed by atoms with Crippen molar-refractivity contribution in [3.63, 3.8) is 0 Å². The Hall–Kier alpha value is -3.33. The van der Waals surface area contributed by atoms with Crippen LogP contribution < -0.4 is 29.6 Å². The standard InChI is InChI=1S/C29H40N2O11/c32-29(30-23-1-3-25-27(21-23)41-19-15-37-11-7-33-5-9-35-13-17-39-25)31-24-2-4-26-28(22-24)42-20-16-38-12-8-34-6-10-36-14-18-40-26/h1-4,21-22H,5-20H2,(H2,30,31,32). The van der Waals surface area contributed by atoms with Crippen LogP contribution in [0.4, 0.5) is 16.2 Å². The lowest BCUT2D eigenvalue weighted by atomic mass is 10.2. The monoisotopic (exact) mass is 592 g/mol. The van der Waals surface area contributed by atoms with E-state index >= 15 is 0 Å². The molecule has 0 aromatic heterocycles. The molecule has 0 fully saturated rings. The lowest BCUT2D eigenvalue weighted by Crippen LogP contribution is -2.20. The highest BCUT2D eigenvalue weighted by Crippen LogP contribution is 2.32. The molecule has 2 amide bonds. The number of anilines is 2. The van der Waals surface area contributed by atoms with Gasteiger partial charge in [-0.15, -0.1) is 0 Å². The molecule has 0 atom stereocenters. The van der Waals surface area contributed by atoms with Gasteiger partial charge in [-0.3, -0.25) is 0 Å². The summed E-state index contributed by atoms with van der Waals surface area (Å²) in [5, 5.41) is 5.66. The molecule has 42 heavy (non-hydrogen) atoms. The van der Waals surface area contributed by atoms with Gasteiger partial charge in [-0.2, -0.15) is 0 Å². The van der Waals surface area contributed by atoms with Crippen LogP contribution in [0.25, 0.3) is 0 Å². The SMILES string of the molecule is O=C(Nc1ccc2c(c1)OCCOCCOCCOCCO2)Nc1ccc2c(c1)OCCOCCOCCOCCO2. The van der Waals surface area contributed by atoms with Gasteiger partial charge < -0.3 is 58.0 Å². The predicted octanol–water partition coefficient (Wildman–Crippen LogP) is 2.97. The van der Waals surface area contributed by atoms with E-state index in [0.717, 1.165) is 0 Å². The van der Waals surface area contributed by atoms with Crippen LogP contribution in [0.3, 0.4) is 0 Å². The number of carbonyl (C=O) groups is 1. The zero-order valence-corrected chi connectivity index (χ0v) is 23.8. The first-order valence-corrected chi connectivity index (χ1v) is 14.1. The minimum Gasteiger partial charge on any atom is -0.487 e. The third-order valence-electron chi connectivity index (χ3n) is 5.83. The first-order valence-electron chi connectivity index (χ1n) is 14.1. The van der Waals surface area contributed by atoms with Crippen molar-refractivity contribution in [1.82, 2.24) is 0 Å². The maximum Gasteiger partial charge on any atom is 0.323 e. The fraction of sp³-hybridized carbons (Fsp3) is 0.552.